The third-order valence-corrected chi connectivity index (χ3v) is 2.34. The summed E-state index contributed by atoms with van der Waals surface area (Å²) in [6.07, 6.45) is 0. The molecule has 1 nitrogen and oxygen atoms in total. The van der Waals surface area contributed by atoms with Crippen molar-refractivity contribution in [3.8, 4) is 0 Å². The molecule has 0 aliphatic rings. The zero-order chi connectivity index (χ0) is 9.42. The molecule has 1 aromatic carbocycles. The molecular weight excluding hydrogens is 182 g/mol. The van der Waals surface area contributed by atoms with E-state index in [1.165, 1.54) is 5.56 Å². The van der Waals surface area contributed by atoms with E-state index < -0.39 is 0 Å². The molecule has 0 aliphatic carbocycles. The first kappa shape index (κ1) is 8.52. The highest BCUT2D eigenvalue weighted by Gasteiger charge is 2.00. The summed E-state index contributed by atoms with van der Waals surface area (Å²) in [5.41, 5.74) is 3.29. The van der Waals surface area contributed by atoms with Gasteiger partial charge in [0.2, 0.25) is 0 Å². The Balaban J connectivity index is 2.87. The average molecular weight is 192 g/mol. The molecule has 66 valence electrons. The van der Waals surface area contributed by atoms with Crippen molar-refractivity contribution in [3.63, 3.8) is 0 Å². The number of halogens is 1. The van der Waals surface area contributed by atoms with Gasteiger partial charge in [0.05, 0.1) is 5.52 Å². The van der Waals surface area contributed by atoms with Crippen molar-refractivity contribution in [1.29, 1.82) is 0 Å². The fourth-order valence-corrected chi connectivity index (χ4v) is 1.71. The van der Waals surface area contributed by atoms with Crippen LogP contribution in [0, 0.1) is 13.8 Å². The number of aromatic nitrogens is 1. The topological polar surface area (TPSA) is 12.9 Å². The van der Waals surface area contributed by atoms with Crippen molar-refractivity contribution in [2.75, 3.05) is 0 Å². The van der Waals surface area contributed by atoms with E-state index >= 15 is 0 Å². The summed E-state index contributed by atoms with van der Waals surface area (Å²) in [5.74, 6) is 0. The van der Waals surface area contributed by atoms with Crippen LogP contribution in [-0.2, 0) is 0 Å². The summed E-state index contributed by atoms with van der Waals surface area (Å²) in [5, 5.41) is 1.90. The zero-order valence-corrected chi connectivity index (χ0v) is 8.39. The van der Waals surface area contributed by atoms with Crippen LogP contribution in [-0.4, -0.2) is 4.98 Å². The van der Waals surface area contributed by atoms with Gasteiger partial charge in [0.15, 0.2) is 0 Å². The highest BCUT2D eigenvalue weighted by Crippen LogP contribution is 2.21. The van der Waals surface area contributed by atoms with E-state index in [0.717, 1.165) is 21.6 Å². The van der Waals surface area contributed by atoms with E-state index in [-0.39, 0.29) is 0 Å². The summed E-state index contributed by atoms with van der Waals surface area (Å²) in [6, 6.07) is 7.85. The number of hydrogen-bond donors (Lipinski definition) is 0. The lowest BCUT2D eigenvalue weighted by atomic mass is 10.1. The van der Waals surface area contributed by atoms with Gasteiger partial charge in [0.25, 0.3) is 0 Å². The van der Waals surface area contributed by atoms with Crippen LogP contribution in [0.2, 0.25) is 5.02 Å². The largest absolute Gasteiger partial charge is 0.253 e. The summed E-state index contributed by atoms with van der Waals surface area (Å²) >= 11 is 5.90. The molecule has 0 fully saturated rings. The van der Waals surface area contributed by atoms with Gasteiger partial charge < -0.3 is 0 Å². The van der Waals surface area contributed by atoms with Crippen molar-refractivity contribution < 1.29 is 0 Å². The van der Waals surface area contributed by atoms with E-state index in [9.17, 15) is 0 Å². The fourth-order valence-electron chi connectivity index (χ4n) is 1.53. The van der Waals surface area contributed by atoms with E-state index in [0.29, 0.717) is 0 Å². The summed E-state index contributed by atoms with van der Waals surface area (Å²) in [4.78, 5) is 4.42. The van der Waals surface area contributed by atoms with Crippen molar-refractivity contribution in [1.82, 2.24) is 4.98 Å². The molecule has 2 rings (SSSR count). The van der Waals surface area contributed by atoms with Crippen molar-refractivity contribution in [2.45, 2.75) is 13.8 Å². The highest BCUT2D eigenvalue weighted by molar-refractivity contribution is 6.31. The molecule has 0 bridgehead atoms. The standard InChI is InChI=1S/C11H10ClN/c1-7-5-8(2)13-11-4-3-9(12)6-10(7)11/h3-6H,1-2H3. The molecule has 0 saturated carbocycles. The van der Waals surface area contributed by atoms with Crippen molar-refractivity contribution in [2.24, 2.45) is 0 Å². The maximum absolute atomic E-state index is 5.90. The monoisotopic (exact) mass is 191 g/mol. The lowest BCUT2D eigenvalue weighted by Crippen LogP contribution is -1.86. The first-order valence-corrected chi connectivity index (χ1v) is 4.58. The Hall–Kier alpha value is -1.08. The van der Waals surface area contributed by atoms with Crippen LogP contribution in [0.3, 0.4) is 0 Å². The van der Waals surface area contributed by atoms with Gasteiger partial charge in [0, 0.05) is 16.1 Å². The van der Waals surface area contributed by atoms with Crippen molar-refractivity contribution in [3.05, 3.63) is 40.5 Å². The number of rotatable bonds is 0. The zero-order valence-electron chi connectivity index (χ0n) is 7.63. The van der Waals surface area contributed by atoms with Gasteiger partial charge in [-0.25, -0.2) is 0 Å². The number of nitrogens with zero attached hydrogens (tertiary/aromatic N) is 1. The molecular formula is C11H10ClN. The molecule has 0 radical (unpaired) electrons. The maximum Gasteiger partial charge on any atom is 0.0708 e. The Bertz CT molecular complexity index is 463. The molecule has 2 heteroatoms. The van der Waals surface area contributed by atoms with Gasteiger partial charge in [-0.3, -0.25) is 4.98 Å². The molecule has 1 aromatic heterocycles. The quantitative estimate of drug-likeness (QED) is 0.621. The predicted octanol–water partition coefficient (Wildman–Crippen LogP) is 3.51. The highest BCUT2D eigenvalue weighted by atomic mass is 35.5. The van der Waals surface area contributed by atoms with Crippen LogP contribution in [0.25, 0.3) is 10.9 Å². The Labute approximate surface area is 82.4 Å². The second-order valence-electron chi connectivity index (χ2n) is 3.24. The molecule has 2 aromatic rings. The Morgan fingerprint density at radius 3 is 2.69 bits per heavy atom. The molecule has 0 amide bonds. The molecule has 0 spiro atoms. The Kier molecular flexibility index (Phi) is 1.97. The van der Waals surface area contributed by atoms with Gasteiger partial charge in [-0.2, -0.15) is 0 Å². The second kappa shape index (κ2) is 3.00. The van der Waals surface area contributed by atoms with Gasteiger partial charge in [0.1, 0.15) is 0 Å². The number of fused-ring (bicyclic) bond motifs is 1. The minimum atomic E-state index is 0.765. The third kappa shape index (κ3) is 1.52. The van der Waals surface area contributed by atoms with Crippen LogP contribution in [0.15, 0.2) is 24.3 Å². The van der Waals surface area contributed by atoms with E-state index in [2.05, 4.69) is 18.0 Å². The van der Waals surface area contributed by atoms with Crippen LogP contribution in [0.4, 0.5) is 0 Å². The first-order valence-electron chi connectivity index (χ1n) is 4.20. The SMILES string of the molecule is Cc1cc(C)c2cc(Cl)ccc2n1. The molecule has 0 saturated heterocycles. The molecule has 1 heterocycles. The average Bonchev–Trinajstić information content (AvgIpc) is 2.06. The summed E-state index contributed by atoms with van der Waals surface area (Å²) < 4.78 is 0. The second-order valence-corrected chi connectivity index (χ2v) is 3.68. The molecule has 0 aliphatic heterocycles. The third-order valence-electron chi connectivity index (χ3n) is 2.11. The van der Waals surface area contributed by atoms with E-state index in [1.807, 2.05) is 25.1 Å². The van der Waals surface area contributed by atoms with Crippen LogP contribution in [0.5, 0.6) is 0 Å². The lowest BCUT2D eigenvalue weighted by Gasteiger charge is -2.03. The number of aryl methyl sites for hydroxylation is 2. The van der Waals surface area contributed by atoms with Crippen LogP contribution < -0.4 is 0 Å². The van der Waals surface area contributed by atoms with Gasteiger partial charge in [-0.15, -0.1) is 0 Å². The van der Waals surface area contributed by atoms with E-state index in [1.54, 1.807) is 0 Å². The Morgan fingerprint density at radius 1 is 1.15 bits per heavy atom. The minimum absolute atomic E-state index is 0.765. The normalized spacial score (nSPS) is 10.7. The maximum atomic E-state index is 5.90. The smallest absolute Gasteiger partial charge is 0.0708 e. The first-order chi connectivity index (χ1) is 6.16. The lowest BCUT2D eigenvalue weighted by molar-refractivity contribution is 1.23. The molecule has 0 unspecified atom stereocenters. The molecule has 13 heavy (non-hydrogen) atoms. The number of pyridine rings is 1. The van der Waals surface area contributed by atoms with Gasteiger partial charge in [-0.1, -0.05) is 11.6 Å². The fraction of sp³-hybridized carbons (Fsp3) is 0.182. The predicted molar refractivity (Wildman–Crippen MR) is 56.2 cm³/mol. The van der Waals surface area contributed by atoms with E-state index in [4.69, 9.17) is 11.6 Å². The van der Waals surface area contributed by atoms with Crippen LogP contribution >= 0.6 is 11.6 Å². The molecule has 0 atom stereocenters. The van der Waals surface area contributed by atoms with Crippen molar-refractivity contribution >= 4 is 22.5 Å². The number of hydrogen-bond acceptors (Lipinski definition) is 1. The van der Waals surface area contributed by atoms with Gasteiger partial charge in [-0.05, 0) is 43.7 Å². The summed E-state index contributed by atoms with van der Waals surface area (Å²) in [6.45, 7) is 4.08. The number of benzene rings is 1. The minimum Gasteiger partial charge on any atom is -0.253 e. The van der Waals surface area contributed by atoms with Gasteiger partial charge >= 0.3 is 0 Å². The Morgan fingerprint density at radius 2 is 1.92 bits per heavy atom. The summed E-state index contributed by atoms with van der Waals surface area (Å²) in [7, 11) is 0. The van der Waals surface area contributed by atoms with Crippen LogP contribution in [0.1, 0.15) is 11.3 Å². The molecule has 0 N–H and O–H groups in total.